The highest BCUT2D eigenvalue weighted by atomic mass is 32.2. The van der Waals surface area contributed by atoms with Gasteiger partial charge in [0.25, 0.3) is 0 Å². The number of allylic oxidation sites excluding steroid dienone is 2. The maximum absolute atomic E-state index is 12.9. The second-order valence-corrected chi connectivity index (χ2v) is 9.95. The Labute approximate surface area is 130 Å². The lowest BCUT2D eigenvalue weighted by Crippen LogP contribution is -2.59. The summed E-state index contributed by atoms with van der Waals surface area (Å²) in [6.45, 7) is 20.8. The van der Waals surface area contributed by atoms with Gasteiger partial charge in [-0.25, -0.2) is 0 Å². The summed E-state index contributed by atoms with van der Waals surface area (Å²) in [5.74, 6) is 0.272. The summed E-state index contributed by atoms with van der Waals surface area (Å²) in [5.41, 5.74) is -0.433. The van der Waals surface area contributed by atoms with Crippen molar-refractivity contribution in [2.24, 2.45) is 5.41 Å². The molecule has 1 N–H and O–H groups in total. The monoisotopic (exact) mass is 299 g/mol. The van der Waals surface area contributed by atoms with E-state index in [0.717, 1.165) is 0 Å². The Morgan fingerprint density at radius 2 is 1.50 bits per heavy atom. The Hall–Kier alpha value is -0.280. The van der Waals surface area contributed by atoms with E-state index in [1.807, 2.05) is 27.7 Å². The molecule has 0 aromatic rings. The lowest BCUT2D eigenvalue weighted by molar-refractivity contribution is -0.129. The van der Waals surface area contributed by atoms with Gasteiger partial charge in [0.1, 0.15) is 0 Å². The SMILES string of the molecule is C/C=C(/C)SC(C)(C)C(NC(C)(C)C)C(=O)C(C)(C)C. The first-order valence-electron chi connectivity index (χ1n) is 7.34. The second-order valence-electron chi connectivity index (χ2n) is 8.05. The summed E-state index contributed by atoms with van der Waals surface area (Å²) >= 11 is 1.77. The zero-order valence-electron chi connectivity index (χ0n) is 15.0. The lowest BCUT2D eigenvalue weighted by atomic mass is 9.81. The van der Waals surface area contributed by atoms with E-state index in [-0.39, 0.29) is 27.5 Å². The predicted octanol–water partition coefficient (Wildman–Crippen LogP) is 4.79. The predicted molar refractivity (Wildman–Crippen MR) is 92.2 cm³/mol. The van der Waals surface area contributed by atoms with Crippen molar-refractivity contribution in [3.8, 4) is 0 Å². The molecule has 0 aliphatic heterocycles. The Morgan fingerprint density at radius 3 is 1.80 bits per heavy atom. The van der Waals surface area contributed by atoms with Gasteiger partial charge in [-0.05, 0) is 53.4 Å². The molecule has 0 aliphatic carbocycles. The quantitative estimate of drug-likeness (QED) is 0.791. The fraction of sp³-hybridized carbons (Fsp3) is 0.824. The van der Waals surface area contributed by atoms with Gasteiger partial charge in [-0.2, -0.15) is 0 Å². The molecule has 0 amide bonds. The first-order valence-corrected chi connectivity index (χ1v) is 8.16. The molecule has 0 spiro atoms. The molecule has 0 saturated carbocycles. The molecule has 0 saturated heterocycles. The van der Waals surface area contributed by atoms with E-state index in [1.165, 1.54) is 4.91 Å². The number of nitrogens with one attached hydrogen (secondary N) is 1. The van der Waals surface area contributed by atoms with Crippen LogP contribution in [0.1, 0.15) is 69.2 Å². The third kappa shape index (κ3) is 6.45. The van der Waals surface area contributed by atoms with Crippen LogP contribution >= 0.6 is 11.8 Å². The van der Waals surface area contributed by atoms with Crippen LogP contribution in [0.15, 0.2) is 11.0 Å². The molecule has 2 nitrogen and oxygen atoms in total. The number of carbonyl (C=O) groups is 1. The van der Waals surface area contributed by atoms with Crippen molar-refractivity contribution >= 4 is 17.5 Å². The van der Waals surface area contributed by atoms with Crippen molar-refractivity contribution in [1.82, 2.24) is 5.32 Å². The highest BCUT2D eigenvalue weighted by Crippen LogP contribution is 2.37. The molecule has 3 heteroatoms. The Bertz CT molecular complexity index is 369. The molecule has 0 radical (unpaired) electrons. The van der Waals surface area contributed by atoms with Crippen molar-refractivity contribution in [2.75, 3.05) is 0 Å². The number of hydrogen-bond acceptors (Lipinski definition) is 3. The molecule has 0 aromatic carbocycles. The van der Waals surface area contributed by atoms with Gasteiger partial charge in [0.05, 0.1) is 6.04 Å². The summed E-state index contributed by atoms with van der Waals surface area (Å²) in [6.07, 6.45) is 2.10. The minimum atomic E-state index is -0.343. The van der Waals surface area contributed by atoms with Crippen molar-refractivity contribution in [3.05, 3.63) is 11.0 Å². The molecule has 118 valence electrons. The minimum absolute atomic E-state index is 0.0900. The first-order chi connectivity index (χ1) is 8.70. The highest BCUT2D eigenvalue weighted by molar-refractivity contribution is 8.04. The number of Topliss-reactive ketones (excluding diaryl/α,β-unsaturated/α-hetero) is 1. The van der Waals surface area contributed by atoms with Crippen LogP contribution in [0.4, 0.5) is 0 Å². The zero-order chi connectivity index (χ0) is 16.4. The molecule has 0 aliphatic rings. The van der Waals surface area contributed by atoms with E-state index in [9.17, 15) is 4.79 Å². The lowest BCUT2D eigenvalue weighted by Gasteiger charge is -2.41. The maximum Gasteiger partial charge on any atom is 0.156 e. The summed E-state index contributed by atoms with van der Waals surface area (Å²) in [5, 5.41) is 3.53. The number of rotatable bonds is 5. The maximum atomic E-state index is 12.9. The summed E-state index contributed by atoms with van der Waals surface area (Å²) < 4.78 is -0.186. The van der Waals surface area contributed by atoms with Crippen molar-refractivity contribution < 1.29 is 4.79 Å². The fourth-order valence-corrected chi connectivity index (χ4v) is 3.19. The molecular weight excluding hydrogens is 266 g/mol. The van der Waals surface area contributed by atoms with Gasteiger partial charge < -0.3 is 5.32 Å². The van der Waals surface area contributed by atoms with Gasteiger partial charge in [-0.3, -0.25) is 4.79 Å². The smallest absolute Gasteiger partial charge is 0.156 e. The average molecular weight is 300 g/mol. The Kier molecular flexibility index (Phi) is 6.56. The van der Waals surface area contributed by atoms with Gasteiger partial charge in [-0.15, -0.1) is 11.8 Å². The van der Waals surface area contributed by atoms with E-state index in [2.05, 4.69) is 52.9 Å². The van der Waals surface area contributed by atoms with Crippen LogP contribution in [0, 0.1) is 5.41 Å². The van der Waals surface area contributed by atoms with Crippen LogP contribution in [0.25, 0.3) is 0 Å². The van der Waals surface area contributed by atoms with Gasteiger partial charge in [0.15, 0.2) is 5.78 Å². The van der Waals surface area contributed by atoms with Crippen LogP contribution in [0.3, 0.4) is 0 Å². The first kappa shape index (κ1) is 19.7. The normalized spacial score (nSPS) is 16.2. The van der Waals surface area contributed by atoms with Crippen LogP contribution in [-0.4, -0.2) is 22.1 Å². The van der Waals surface area contributed by atoms with Crippen molar-refractivity contribution in [3.63, 3.8) is 0 Å². The Balaban J connectivity index is 5.47. The summed E-state index contributed by atoms with van der Waals surface area (Å²) in [6, 6.07) is -0.178. The van der Waals surface area contributed by atoms with Gasteiger partial charge in [0, 0.05) is 15.7 Å². The number of ketones is 1. The number of thioether (sulfide) groups is 1. The van der Waals surface area contributed by atoms with Crippen LogP contribution in [0.2, 0.25) is 0 Å². The van der Waals surface area contributed by atoms with E-state index in [1.54, 1.807) is 11.8 Å². The van der Waals surface area contributed by atoms with Gasteiger partial charge in [0.2, 0.25) is 0 Å². The number of carbonyl (C=O) groups excluding carboxylic acids is 1. The third-order valence-corrected chi connectivity index (χ3v) is 4.42. The molecule has 0 rings (SSSR count). The van der Waals surface area contributed by atoms with E-state index in [4.69, 9.17) is 0 Å². The van der Waals surface area contributed by atoms with E-state index >= 15 is 0 Å². The van der Waals surface area contributed by atoms with Crippen molar-refractivity contribution in [1.29, 1.82) is 0 Å². The zero-order valence-corrected chi connectivity index (χ0v) is 15.8. The molecule has 0 heterocycles. The molecule has 1 unspecified atom stereocenters. The fourth-order valence-electron chi connectivity index (χ4n) is 1.95. The van der Waals surface area contributed by atoms with E-state index in [0.29, 0.717) is 0 Å². The number of hydrogen-bond donors (Lipinski definition) is 1. The van der Waals surface area contributed by atoms with Crippen LogP contribution in [0.5, 0.6) is 0 Å². The van der Waals surface area contributed by atoms with Crippen LogP contribution < -0.4 is 5.32 Å². The second kappa shape index (κ2) is 6.65. The van der Waals surface area contributed by atoms with Crippen LogP contribution in [-0.2, 0) is 4.79 Å². The molecule has 1 atom stereocenters. The molecule has 0 fully saturated rings. The van der Waals surface area contributed by atoms with E-state index < -0.39 is 0 Å². The average Bonchev–Trinajstić information content (AvgIpc) is 2.21. The topological polar surface area (TPSA) is 29.1 Å². The molecular formula is C17H33NOS. The molecule has 0 aromatic heterocycles. The Morgan fingerprint density at radius 1 is 1.05 bits per heavy atom. The third-order valence-electron chi connectivity index (χ3n) is 3.10. The molecule has 0 bridgehead atoms. The largest absolute Gasteiger partial charge is 0.302 e. The standard InChI is InChI=1S/C17H33NOS/c1-11-12(2)20-17(9,10)13(18-16(6,7)8)14(19)15(3,4)5/h11,13,18H,1-10H3/b12-11-. The molecule has 20 heavy (non-hydrogen) atoms. The summed E-state index contributed by atoms with van der Waals surface area (Å²) in [7, 11) is 0. The summed E-state index contributed by atoms with van der Waals surface area (Å²) in [4.78, 5) is 14.1. The minimum Gasteiger partial charge on any atom is -0.302 e. The van der Waals surface area contributed by atoms with Crippen molar-refractivity contribution in [2.45, 2.75) is 85.6 Å². The van der Waals surface area contributed by atoms with Gasteiger partial charge in [-0.1, -0.05) is 26.8 Å². The highest BCUT2D eigenvalue weighted by Gasteiger charge is 2.42. The van der Waals surface area contributed by atoms with Gasteiger partial charge >= 0.3 is 0 Å².